The third-order valence-electron chi connectivity index (χ3n) is 5.00. The number of carbonyl (C=O) groups is 1. The topological polar surface area (TPSA) is 96.6 Å². The van der Waals surface area contributed by atoms with E-state index < -0.39 is 10.0 Å². The van der Waals surface area contributed by atoms with Crippen molar-refractivity contribution in [3.8, 4) is 11.5 Å². The Morgan fingerprint density at radius 1 is 1.00 bits per heavy atom. The van der Waals surface area contributed by atoms with Crippen LogP contribution in [0.5, 0.6) is 0 Å². The van der Waals surface area contributed by atoms with Crippen molar-refractivity contribution in [3.05, 3.63) is 60.2 Å². The number of piperazine rings is 1. The van der Waals surface area contributed by atoms with Crippen LogP contribution < -0.4 is 0 Å². The van der Waals surface area contributed by atoms with Crippen LogP contribution in [0.15, 0.2) is 69.1 Å². The first-order chi connectivity index (χ1) is 14.9. The number of hydrogen-bond donors (Lipinski definition) is 0. The second-order valence-electron chi connectivity index (χ2n) is 7.13. The van der Waals surface area contributed by atoms with Gasteiger partial charge in [0.1, 0.15) is 0 Å². The molecule has 1 fully saturated rings. The molecule has 1 aliphatic heterocycles. The lowest BCUT2D eigenvalue weighted by atomic mass is 10.2. The summed E-state index contributed by atoms with van der Waals surface area (Å²) in [6.07, 6.45) is 0. The van der Waals surface area contributed by atoms with Gasteiger partial charge in [0.2, 0.25) is 21.8 Å². The molecule has 8 nitrogen and oxygen atoms in total. The van der Waals surface area contributed by atoms with Crippen LogP contribution in [-0.2, 0) is 14.8 Å². The zero-order valence-corrected chi connectivity index (χ0v) is 18.6. The molecule has 4 rings (SSSR count). The highest BCUT2D eigenvalue weighted by Gasteiger charge is 2.30. The quantitative estimate of drug-likeness (QED) is 0.524. The Morgan fingerprint density at radius 2 is 1.68 bits per heavy atom. The van der Waals surface area contributed by atoms with E-state index in [0.29, 0.717) is 24.2 Å². The Morgan fingerprint density at radius 3 is 2.35 bits per heavy atom. The number of rotatable bonds is 6. The van der Waals surface area contributed by atoms with Gasteiger partial charge in [-0.2, -0.15) is 4.31 Å². The van der Waals surface area contributed by atoms with Crippen molar-refractivity contribution < 1.29 is 17.6 Å². The molecule has 162 valence electrons. The molecular weight excluding hydrogens is 436 g/mol. The molecular formula is C21H22N4O4S2. The lowest BCUT2D eigenvalue weighted by Crippen LogP contribution is -2.50. The van der Waals surface area contributed by atoms with Gasteiger partial charge in [-0.15, -0.1) is 10.2 Å². The predicted octanol–water partition coefficient (Wildman–Crippen LogP) is 2.67. The largest absolute Gasteiger partial charge is 0.411 e. The molecule has 0 aliphatic carbocycles. The van der Waals surface area contributed by atoms with Gasteiger partial charge in [0.25, 0.3) is 5.22 Å². The van der Waals surface area contributed by atoms with Crippen LogP contribution in [0.25, 0.3) is 11.5 Å². The maximum Gasteiger partial charge on any atom is 0.277 e. The molecule has 1 amide bonds. The van der Waals surface area contributed by atoms with E-state index in [1.807, 2.05) is 37.3 Å². The van der Waals surface area contributed by atoms with Gasteiger partial charge in [-0.25, -0.2) is 8.42 Å². The predicted molar refractivity (Wildman–Crippen MR) is 117 cm³/mol. The fourth-order valence-electron chi connectivity index (χ4n) is 3.22. The van der Waals surface area contributed by atoms with E-state index in [1.165, 1.54) is 16.1 Å². The van der Waals surface area contributed by atoms with E-state index in [9.17, 15) is 13.2 Å². The Hall–Kier alpha value is -2.69. The number of aryl methyl sites for hydroxylation is 1. The maximum atomic E-state index is 12.8. The third-order valence-corrected chi connectivity index (χ3v) is 7.71. The first-order valence-electron chi connectivity index (χ1n) is 9.80. The number of nitrogens with zero attached hydrogens (tertiary/aromatic N) is 4. The molecule has 1 aliphatic rings. The Kier molecular flexibility index (Phi) is 6.40. The fourth-order valence-corrected chi connectivity index (χ4v) is 5.31. The molecule has 0 radical (unpaired) electrons. The highest BCUT2D eigenvalue weighted by atomic mass is 32.2. The van der Waals surface area contributed by atoms with Gasteiger partial charge in [0, 0.05) is 31.7 Å². The summed E-state index contributed by atoms with van der Waals surface area (Å²) in [4.78, 5) is 14.5. The van der Waals surface area contributed by atoms with Crippen LogP contribution in [0.3, 0.4) is 0 Å². The van der Waals surface area contributed by atoms with Crippen LogP contribution in [0.4, 0.5) is 0 Å². The smallest absolute Gasteiger partial charge is 0.277 e. The Labute approximate surface area is 185 Å². The first-order valence-corrected chi connectivity index (χ1v) is 12.2. The molecule has 0 atom stereocenters. The van der Waals surface area contributed by atoms with Crippen LogP contribution in [0.2, 0.25) is 0 Å². The van der Waals surface area contributed by atoms with E-state index in [1.54, 1.807) is 29.2 Å². The summed E-state index contributed by atoms with van der Waals surface area (Å²) in [5.41, 5.74) is 1.82. The van der Waals surface area contributed by atoms with Crippen LogP contribution in [0.1, 0.15) is 5.56 Å². The van der Waals surface area contributed by atoms with Gasteiger partial charge in [-0.1, -0.05) is 47.7 Å². The molecule has 0 unspecified atom stereocenters. The lowest BCUT2D eigenvalue weighted by molar-refractivity contribution is -0.129. The third kappa shape index (κ3) is 4.97. The lowest BCUT2D eigenvalue weighted by Gasteiger charge is -2.34. The molecule has 1 saturated heterocycles. The minimum atomic E-state index is -3.55. The molecule has 0 bridgehead atoms. The second-order valence-corrected chi connectivity index (χ2v) is 9.99. The van der Waals surface area contributed by atoms with Crippen LogP contribution in [0, 0.1) is 6.92 Å². The number of aromatic nitrogens is 2. The van der Waals surface area contributed by atoms with Crippen LogP contribution >= 0.6 is 11.8 Å². The zero-order chi connectivity index (χ0) is 21.8. The van der Waals surface area contributed by atoms with Crippen molar-refractivity contribution in [1.82, 2.24) is 19.4 Å². The van der Waals surface area contributed by atoms with Crippen molar-refractivity contribution >= 4 is 27.7 Å². The van der Waals surface area contributed by atoms with E-state index in [2.05, 4.69) is 10.2 Å². The number of carbonyl (C=O) groups excluding carboxylic acids is 1. The molecule has 2 aromatic carbocycles. The highest BCUT2D eigenvalue weighted by molar-refractivity contribution is 7.99. The summed E-state index contributed by atoms with van der Waals surface area (Å²) < 4.78 is 32.6. The molecule has 0 saturated carbocycles. The zero-order valence-electron chi connectivity index (χ0n) is 17.0. The molecule has 0 spiro atoms. The van der Waals surface area contributed by atoms with E-state index in [0.717, 1.165) is 11.1 Å². The van der Waals surface area contributed by atoms with Crippen molar-refractivity contribution in [2.24, 2.45) is 0 Å². The van der Waals surface area contributed by atoms with Crippen molar-refractivity contribution in [2.45, 2.75) is 17.0 Å². The Balaban J connectivity index is 1.30. The number of hydrogen-bond acceptors (Lipinski definition) is 7. The summed E-state index contributed by atoms with van der Waals surface area (Å²) in [6.45, 7) is 3.15. The average Bonchev–Trinajstić information content (AvgIpc) is 3.27. The highest BCUT2D eigenvalue weighted by Crippen LogP contribution is 2.24. The number of thioether (sulfide) groups is 1. The van der Waals surface area contributed by atoms with Gasteiger partial charge in [-0.05, 0) is 31.2 Å². The fraction of sp³-hybridized carbons (Fsp3) is 0.286. The van der Waals surface area contributed by atoms with Crippen molar-refractivity contribution in [3.63, 3.8) is 0 Å². The summed E-state index contributed by atoms with van der Waals surface area (Å²) in [7, 11) is -3.55. The van der Waals surface area contributed by atoms with Gasteiger partial charge >= 0.3 is 0 Å². The molecule has 31 heavy (non-hydrogen) atoms. The summed E-state index contributed by atoms with van der Waals surface area (Å²) in [5, 5.41) is 8.32. The summed E-state index contributed by atoms with van der Waals surface area (Å²) >= 11 is 1.18. The number of sulfonamides is 1. The first kappa shape index (κ1) is 21.5. The van der Waals surface area contributed by atoms with E-state index in [4.69, 9.17) is 4.42 Å². The average molecular weight is 459 g/mol. The van der Waals surface area contributed by atoms with Gasteiger partial charge in [0.05, 0.1) is 10.6 Å². The SMILES string of the molecule is Cc1ccc(S(=O)(=O)N2CCN(C(=O)CSc3nnc(-c4ccccc4)o3)CC2)cc1. The molecule has 10 heteroatoms. The minimum Gasteiger partial charge on any atom is -0.411 e. The van der Waals surface area contributed by atoms with Crippen LogP contribution in [-0.4, -0.2) is 65.7 Å². The molecule has 0 N–H and O–H groups in total. The normalized spacial score (nSPS) is 15.2. The van der Waals surface area contributed by atoms with Gasteiger partial charge < -0.3 is 9.32 Å². The summed E-state index contributed by atoms with van der Waals surface area (Å²) in [6, 6.07) is 16.2. The van der Waals surface area contributed by atoms with E-state index in [-0.39, 0.29) is 29.6 Å². The van der Waals surface area contributed by atoms with Crippen molar-refractivity contribution in [1.29, 1.82) is 0 Å². The summed E-state index contributed by atoms with van der Waals surface area (Å²) in [5.74, 6) is 0.475. The standard InChI is InChI=1S/C21H22N4O4S2/c1-16-7-9-18(10-8-16)31(27,28)25-13-11-24(12-14-25)19(26)15-30-21-23-22-20(29-21)17-5-3-2-4-6-17/h2-10H,11-15H2,1H3. The second kappa shape index (κ2) is 9.21. The molecule has 3 aromatic rings. The monoisotopic (exact) mass is 458 g/mol. The Bertz CT molecular complexity index is 1140. The minimum absolute atomic E-state index is 0.0863. The van der Waals surface area contributed by atoms with Gasteiger partial charge in [0.15, 0.2) is 0 Å². The van der Waals surface area contributed by atoms with Gasteiger partial charge in [-0.3, -0.25) is 4.79 Å². The van der Waals surface area contributed by atoms with E-state index >= 15 is 0 Å². The molecule has 1 aromatic heterocycles. The number of amides is 1. The number of benzene rings is 2. The molecule has 2 heterocycles. The maximum absolute atomic E-state index is 12.8. The van der Waals surface area contributed by atoms with Crippen molar-refractivity contribution in [2.75, 3.05) is 31.9 Å².